The number of rotatable bonds is 4. The van der Waals surface area contributed by atoms with Crippen LogP contribution in [0.2, 0.25) is 0 Å². The molecule has 0 unspecified atom stereocenters. The second-order valence-electron chi connectivity index (χ2n) is 13.7. The Morgan fingerprint density at radius 1 is 1.03 bits per heavy atom. The van der Waals surface area contributed by atoms with Crippen molar-refractivity contribution >= 4 is 5.97 Å². The van der Waals surface area contributed by atoms with Crippen LogP contribution in [0.4, 0.5) is 0 Å². The minimum atomic E-state index is -1.47. The normalized spacial score (nSPS) is 55.3. The molecule has 6 rings (SSSR count). The Morgan fingerprint density at radius 2 is 1.79 bits per heavy atom. The molecule has 6 aliphatic rings. The SMILES string of the molecule is C[C@]12CC[C@H](O[C@@H]3O[C@H](CO)[C@@H](O)[C@@H](O)[C@H]3O)C[C@H]1CC[C@@H]1[C@@H]2[C@H](O)C[C@]2(C)[C@@H](C3=CC(=O)OC3)CC[C@]12O. The molecule has 5 fully saturated rings. The van der Waals surface area contributed by atoms with Gasteiger partial charge in [0.25, 0.3) is 0 Å². The van der Waals surface area contributed by atoms with Crippen LogP contribution < -0.4 is 0 Å². The fourth-order valence-electron chi connectivity index (χ4n) is 9.97. The van der Waals surface area contributed by atoms with Gasteiger partial charge in [-0.15, -0.1) is 0 Å². The summed E-state index contributed by atoms with van der Waals surface area (Å²) in [5.74, 6) is -0.173. The first kappa shape index (κ1) is 28.0. The van der Waals surface area contributed by atoms with Gasteiger partial charge in [-0.1, -0.05) is 13.8 Å². The summed E-state index contributed by atoms with van der Waals surface area (Å²) in [6.07, 6.45) is 0.0165. The number of carbonyl (C=O) groups is 1. The number of hydrogen-bond acceptors (Lipinski definition) is 10. The summed E-state index contributed by atoms with van der Waals surface area (Å²) in [5, 5.41) is 64.3. The molecule has 39 heavy (non-hydrogen) atoms. The number of carbonyl (C=O) groups excluding carboxylic acids is 1. The van der Waals surface area contributed by atoms with E-state index in [4.69, 9.17) is 14.2 Å². The molecule has 6 N–H and O–H groups in total. The first-order valence-corrected chi connectivity index (χ1v) is 14.7. The van der Waals surface area contributed by atoms with Crippen molar-refractivity contribution < 1.29 is 49.6 Å². The summed E-state index contributed by atoms with van der Waals surface area (Å²) in [7, 11) is 0. The van der Waals surface area contributed by atoms with Gasteiger partial charge >= 0.3 is 5.97 Å². The van der Waals surface area contributed by atoms with Gasteiger partial charge in [-0.05, 0) is 86.0 Å². The molecule has 10 nitrogen and oxygen atoms in total. The lowest BCUT2D eigenvalue weighted by atomic mass is 9.42. The fourth-order valence-corrected chi connectivity index (χ4v) is 9.97. The molecule has 1 saturated heterocycles. The Labute approximate surface area is 229 Å². The molecule has 10 heteroatoms. The van der Waals surface area contributed by atoms with Crippen molar-refractivity contribution in [2.45, 2.75) is 114 Å². The average molecular weight is 553 g/mol. The molecule has 4 saturated carbocycles. The summed E-state index contributed by atoms with van der Waals surface area (Å²) >= 11 is 0. The quantitative estimate of drug-likeness (QED) is 0.212. The number of aliphatic hydroxyl groups is 6. The van der Waals surface area contributed by atoms with Crippen LogP contribution >= 0.6 is 0 Å². The van der Waals surface area contributed by atoms with E-state index >= 15 is 0 Å². The Kier molecular flexibility index (Phi) is 6.99. The zero-order valence-electron chi connectivity index (χ0n) is 22.8. The molecule has 2 aliphatic heterocycles. The van der Waals surface area contributed by atoms with Gasteiger partial charge in [0.1, 0.15) is 31.0 Å². The summed E-state index contributed by atoms with van der Waals surface area (Å²) in [6.45, 7) is 4.11. The molecule has 0 amide bonds. The molecule has 0 aromatic heterocycles. The van der Waals surface area contributed by atoms with E-state index in [0.29, 0.717) is 25.7 Å². The minimum Gasteiger partial charge on any atom is -0.458 e. The minimum absolute atomic E-state index is 0.0118. The van der Waals surface area contributed by atoms with Crippen molar-refractivity contribution in [3.05, 3.63) is 11.6 Å². The number of aliphatic hydroxyl groups excluding tert-OH is 5. The highest BCUT2D eigenvalue weighted by Crippen LogP contribution is 2.70. The maximum absolute atomic E-state index is 12.4. The van der Waals surface area contributed by atoms with Crippen molar-refractivity contribution in [3.8, 4) is 0 Å². The highest BCUT2D eigenvalue weighted by molar-refractivity contribution is 5.85. The first-order valence-electron chi connectivity index (χ1n) is 14.7. The molecule has 2 heterocycles. The Hall–Kier alpha value is -1.11. The van der Waals surface area contributed by atoms with Crippen LogP contribution in [0.5, 0.6) is 0 Å². The van der Waals surface area contributed by atoms with Crippen LogP contribution in [0.15, 0.2) is 11.6 Å². The molecule has 0 aromatic rings. The third kappa shape index (κ3) is 4.08. The molecular weight excluding hydrogens is 508 g/mol. The molecular formula is C29H44O10. The highest BCUT2D eigenvalue weighted by Gasteiger charge is 2.70. The van der Waals surface area contributed by atoms with E-state index < -0.39 is 54.4 Å². The topological polar surface area (TPSA) is 166 Å². The maximum Gasteiger partial charge on any atom is 0.331 e. The van der Waals surface area contributed by atoms with Gasteiger partial charge in [-0.2, -0.15) is 0 Å². The predicted molar refractivity (Wildman–Crippen MR) is 136 cm³/mol. The van der Waals surface area contributed by atoms with E-state index in [2.05, 4.69) is 13.8 Å². The average Bonchev–Trinajstić information content (AvgIpc) is 3.44. The molecule has 0 bridgehead atoms. The number of hydrogen-bond donors (Lipinski definition) is 6. The standard InChI is InChI=1S/C29H44O10/c1-27-7-5-16(38-26-25(35)24(34)23(33)20(12-30)39-26)10-15(27)3-4-18-22(27)19(31)11-28(2)17(6-8-29(18,28)36)14-9-21(32)37-13-14/h9,15-20,22-26,30-31,33-36H,3-8,10-13H2,1-2H3/t15-,16+,17-,18-,19-,20-,22-,23-,24-,25-,26-,27+,28-,29+/m1/s1. The van der Waals surface area contributed by atoms with E-state index in [1.165, 1.54) is 0 Å². The van der Waals surface area contributed by atoms with Gasteiger partial charge in [-0.3, -0.25) is 0 Å². The van der Waals surface area contributed by atoms with Crippen LogP contribution in [-0.4, -0.2) is 98.3 Å². The van der Waals surface area contributed by atoms with Gasteiger partial charge in [0.05, 0.1) is 24.4 Å². The van der Waals surface area contributed by atoms with Crippen LogP contribution in [0.3, 0.4) is 0 Å². The fraction of sp³-hybridized carbons (Fsp3) is 0.897. The van der Waals surface area contributed by atoms with Crippen molar-refractivity contribution in [3.63, 3.8) is 0 Å². The predicted octanol–water partition coefficient (Wildman–Crippen LogP) is 0.399. The number of esters is 1. The van der Waals surface area contributed by atoms with Gasteiger partial charge in [-0.25, -0.2) is 4.79 Å². The molecule has 220 valence electrons. The smallest absolute Gasteiger partial charge is 0.331 e. The van der Waals surface area contributed by atoms with Crippen molar-refractivity contribution in [1.29, 1.82) is 0 Å². The largest absolute Gasteiger partial charge is 0.458 e. The number of ether oxygens (including phenoxy) is 3. The van der Waals surface area contributed by atoms with Gasteiger partial charge in [0, 0.05) is 11.5 Å². The second kappa shape index (κ2) is 9.73. The Morgan fingerprint density at radius 3 is 2.49 bits per heavy atom. The van der Waals surface area contributed by atoms with E-state index in [1.54, 1.807) is 6.08 Å². The lowest BCUT2D eigenvalue weighted by Crippen LogP contribution is -2.66. The van der Waals surface area contributed by atoms with Gasteiger partial charge in [0.15, 0.2) is 6.29 Å². The third-order valence-corrected chi connectivity index (χ3v) is 12.0. The molecule has 0 radical (unpaired) electrons. The zero-order valence-corrected chi connectivity index (χ0v) is 22.8. The van der Waals surface area contributed by atoms with E-state index in [0.717, 1.165) is 31.3 Å². The highest BCUT2D eigenvalue weighted by atomic mass is 16.7. The van der Waals surface area contributed by atoms with E-state index in [-0.39, 0.29) is 47.8 Å². The van der Waals surface area contributed by atoms with Crippen molar-refractivity contribution in [1.82, 2.24) is 0 Å². The first-order chi connectivity index (χ1) is 18.4. The summed E-state index contributed by atoms with van der Waals surface area (Å²) < 4.78 is 16.9. The molecule has 14 atom stereocenters. The molecule has 4 aliphatic carbocycles. The Bertz CT molecular complexity index is 1000. The van der Waals surface area contributed by atoms with Crippen molar-refractivity contribution in [2.75, 3.05) is 13.2 Å². The molecule has 0 spiro atoms. The maximum atomic E-state index is 12.4. The van der Waals surface area contributed by atoms with E-state index in [9.17, 15) is 35.4 Å². The summed E-state index contributed by atoms with van der Waals surface area (Å²) in [6, 6.07) is 0. The zero-order chi connectivity index (χ0) is 27.9. The number of cyclic esters (lactones) is 1. The molecule has 0 aromatic carbocycles. The van der Waals surface area contributed by atoms with Crippen LogP contribution in [0, 0.1) is 34.5 Å². The lowest BCUT2D eigenvalue weighted by molar-refractivity contribution is -0.318. The van der Waals surface area contributed by atoms with Crippen LogP contribution in [-0.2, 0) is 19.0 Å². The van der Waals surface area contributed by atoms with E-state index in [1.807, 2.05) is 0 Å². The van der Waals surface area contributed by atoms with Crippen molar-refractivity contribution in [2.24, 2.45) is 34.5 Å². The summed E-state index contributed by atoms with van der Waals surface area (Å²) in [4.78, 5) is 11.8. The Balaban J connectivity index is 1.18. The second-order valence-corrected chi connectivity index (χ2v) is 13.7. The van der Waals surface area contributed by atoms with Crippen LogP contribution in [0.25, 0.3) is 0 Å². The summed E-state index contributed by atoms with van der Waals surface area (Å²) in [5.41, 5.74) is -0.709. The van der Waals surface area contributed by atoms with Gasteiger partial charge in [0.2, 0.25) is 0 Å². The monoisotopic (exact) mass is 552 g/mol. The van der Waals surface area contributed by atoms with Crippen LogP contribution in [0.1, 0.15) is 65.2 Å². The number of fused-ring (bicyclic) bond motifs is 5. The third-order valence-electron chi connectivity index (χ3n) is 12.0. The lowest BCUT2D eigenvalue weighted by Gasteiger charge is -2.65. The van der Waals surface area contributed by atoms with Gasteiger partial charge < -0.3 is 44.8 Å².